The maximum Gasteiger partial charge on any atom is 0.0314 e. The second-order valence-corrected chi connectivity index (χ2v) is 8.73. The number of rotatable bonds is 7. The molecule has 120 valence electrons. The van der Waals surface area contributed by atoms with E-state index in [1.807, 2.05) is 11.3 Å². The van der Waals surface area contributed by atoms with E-state index in [1.54, 1.807) is 0 Å². The van der Waals surface area contributed by atoms with Gasteiger partial charge in [0.25, 0.3) is 0 Å². The van der Waals surface area contributed by atoms with E-state index in [1.165, 1.54) is 47.9 Å². The fraction of sp³-hybridized carbons (Fsp3) is 0.778. The van der Waals surface area contributed by atoms with Crippen LogP contribution in [0.3, 0.4) is 0 Å². The van der Waals surface area contributed by atoms with Crippen molar-refractivity contribution in [2.75, 3.05) is 6.54 Å². The molecule has 1 nitrogen and oxygen atoms in total. The summed E-state index contributed by atoms with van der Waals surface area (Å²) in [5.74, 6) is 2.68. The van der Waals surface area contributed by atoms with Crippen LogP contribution in [0, 0.1) is 17.8 Å². The highest BCUT2D eigenvalue weighted by Crippen LogP contribution is 2.36. The molecule has 1 unspecified atom stereocenters. The van der Waals surface area contributed by atoms with E-state index < -0.39 is 0 Å². The first-order valence-electron chi connectivity index (χ1n) is 8.57. The molecule has 1 saturated carbocycles. The van der Waals surface area contributed by atoms with Crippen LogP contribution >= 0.6 is 27.3 Å². The first kappa shape index (κ1) is 17.5. The van der Waals surface area contributed by atoms with Crippen LogP contribution in [0.5, 0.6) is 0 Å². The molecule has 1 aliphatic carbocycles. The third-order valence-corrected chi connectivity index (χ3v) is 7.03. The summed E-state index contributed by atoms with van der Waals surface area (Å²) in [5, 5.41) is 6.03. The Balaban J connectivity index is 1.95. The summed E-state index contributed by atoms with van der Waals surface area (Å²) >= 11 is 5.59. The Labute approximate surface area is 143 Å². The number of thiophene rings is 1. The van der Waals surface area contributed by atoms with Gasteiger partial charge in [-0.2, -0.15) is 0 Å². The Hall–Kier alpha value is 0.140. The van der Waals surface area contributed by atoms with Gasteiger partial charge in [0.1, 0.15) is 0 Å². The van der Waals surface area contributed by atoms with Crippen LogP contribution < -0.4 is 5.32 Å². The lowest BCUT2D eigenvalue weighted by molar-refractivity contribution is 0.188. The van der Waals surface area contributed by atoms with Crippen molar-refractivity contribution < 1.29 is 0 Å². The Morgan fingerprint density at radius 2 is 1.90 bits per heavy atom. The molecule has 0 amide bonds. The van der Waals surface area contributed by atoms with E-state index in [2.05, 4.69) is 53.5 Å². The molecule has 0 aliphatic heterocycles. The molecule has 1 fully saturated rings. The summed E-state index contributed by atoms with van der Waals surface area (Å²) in [4.78, 5) is 1.51. The highest BCUT2D eigenvalue weighted by Gasteiger charge is 2.29. The van der Waals surface area contributed by atoms with Crippen molar-refractivity contribution in [2.24, 2.45) is 17.8 Å². The smallest absolute Gasteiger partial charge is 0.0314 e. The molecule has 1 heterocycles. The first-order chi connectivity index (χ1) is 10.1. The van der Waals surface area contributed by atoms with Gasteiger partial charge in [-0.3, -0.25) is 0 Å². The van der Waals surface area contributed by atoms with Gasteiger partial charge in [0.15, 0.2) is 0 Å². The van der Waals surface area contributed by atoms with Crippen LogP contribution in [0.25, 0.3) is 0 Å². The predicted molar refractivity (Wildman–Crippen MR) is 98.1 cm³/mol. The van der Waals surface area contributed by atoms with Crippen molar-refractivity contribution in [3.63, 3.8) is 0 Å². The number of nitrogens with one attached hydrogen (secondary N) is 1. The average Bonchev–Trinajstić information content (AvgIpc) is 2.88. The van der Waals surface area contributed by atoms with Crippen LogP contribution in [-0.4, -0.2) is 12.6 Å². The molecule has 1 atom stereocenters. The molecule has 1 N–H and O–H groups in total. The van der Waals surface area contributed by atoms with E-state index in [0.29, 0.717) is 6.04 Å². The molecule has 1 aliphatic rings. The monoisotopic (exact) mass is 371 g/mol. The molecule has 0 radical (unpaired) electrons. The van der Waals surface area contributed by atoms with Crippen LogP contribution in [-0.2, 0) is 6.42 Å². The summed E-state index contributed by atoms with van der Waals surface area (Å²) in [6.45, 7) is 8.19. The minimum absolute atomic E-state index is 0.660. The summed E-state index contributed by atoms with van der Waals surface area (Å²) in [6, 6.07) is 2.85. The van der Waals surface area contributed by atoms with E-state index in [4.69, 9.17) is 0 Å². The largest absolute Gasteiger partial charge is 0.313 e. The molecule has 3 heteroatoms. The maximum atomic E-state index is 3.83. The summed E-state index contributed by atoms with van der Waals surface area (Å²) < 4.78 is 1.30. The lowest BCUT2D eigenvalue weighted by Gasteiger charge is -2.36. The fourth-order valence-electron chi connectivity index (χ4n) is 3.62. The van der Waals surface area contributed by atoms with Gasteiger partial charge in [0.2, 0.25) is 0 Å². The van der Waals surface area contributed by atoms with Crippen molar-refractivity contribution in [2.45, 2.75) is 65.3 Å². The molecule has 21 heavy (non-hydrogen) atoms. The normalized spacial score (nSPS) is 24.4. The highest BCUT2D eigenvalue weighted by molar-refractivity contribution is 9.10. The van der Waals surface area contributed by atoms with Crippen molar-refractivity contribution in [3.05, 3.63) is 20.8 Å². The fourth-order valence-corrected chi connectivity index (χ4v) is 5.19. The zero-order chi connectivity index (χ0) is 15.2. The first-order valence-corrected chi connectivity index (χ1v) is 10.2. The molecule has 0 bridgehead atoms. The Morgan fingerprint density at radius 3 is 2.43 bits per heavy atom. The topological polar surface area (TPSA) is 12.0 Å². The Bertz CT molecular complexity index is 407. The van der Waals surface area contributed by atoms with Crippen LogP contribution in [0.15, 0.2) is 15.9 Å². The Morgan fingerprint density at radius 1 is 1.24 bits per heavy atom. The molecule has 2 rings (SSSR count). The summed E-state index contributed by atoms with van der Waals surface area (Å²) in [7, 11) is 0. The van der Waals surface area contributed by atoms with E-state index >= 15 is 0 Å². The zero-order valence-corrected chi connectivity index (χ0v) is 16.1. The molecular weight excluding hydrogens is 342 g/mol. The van der Waals surface area contributed by atoms with Crippen molar-refractivity contribution in [1.29, 1.82) is 0 Å². The maximum absolute atomic E-state index is 3.83. The van der Waals surface area contributed by atoms with Crippen LogP contribution in [0.4, 0.5) is 0 Å². The van der Waals surface area contributed by atoms with Gasteiger partial charge in [-0.25, -0.2) is 0 Å². The predicted octanol–water partition coefficient (Wildman–Crippen LogP) is 5.88. The van der Waals surface area contributed by atoms with Crippen LogP contribution in [0.2, 0.25) is 0 Å². The van der Waals surface area contributed by atoms with Crippen molar-refractivity contribution in [3.8, 4) is 0 Å². The minimum Gasteiger partial charge on any atom is -0.313 e. The lowest BCUT2D eigenvalue weighted by Crippen LogP contribution is -2.40. The van der Waals surface area contributed by atoms with Crippen LogP contribution in [0.1, 0.15) is 57.8 Å². The molecule has 1 aromatic heterocycles. The summed E-state index contributed by atoms with van der Waals surface area (Å²) in [5.41, 5.74) is 0. The second-order valence-electron chi connectivity index (χ2n) is 6.88. The van der Waals surface area contributed by atoms with Gasteiger partial charge in [0, 0.05) is 15.4 Å². The van der Waals surface area contributed by atoms with Crippen molar-refractivity contribution in [1.82, 2.24) is 5.32 Å². The van der Waals surface area contributed by atoms with Gasteiger partial charge in [0.05, 0.1) is 0 Å². The Kier molecular flexibility index (Phi) is 7.24. The van der Waals surface area contributed by atoms with E-state index in [-0.39, 0.29) is 0 Å². The molecule has 0 spiro atoms. The molecule has 0 saturated heterocycles. The minimum atomic E-state index is 0.660. The van der Waals surface area contributed by atoms with E-state index in [0.717, 1.165) is 24.3 Å². The molecule has 0 aromatic carbocycles. The molecular formula is C18H30BrNS. The molecule has 1 aromatic rings. The van der Waals surface area contributed by atoms with Gasteiger partial charge in [-0.05, 0) is 90.2 Å². The number of hydrogen-bond donors (Lipinski definition) is 1. The van der Waals surface area contributed by atoms with Gasteiger partial charge in [-0.15, -0.1) is 11.3 Å². The second kappa shape index (κ2) is 8.69. The third-order valence-electron chi connectivity index (χ3n) is 5.08. The SMILES string of the molecule is CCCNC(Cc1sccc1Br)C1CCC(C(C)C)CC1. The van der Waals surface area contributed by atoms with Gasteiger partial charge < -0.3 is 5.32 Å². The van der Waals surface area contributed by atoms with Gasteiger partial charge >= 0.3 is 0 Å². The highest BCUT2D eigenvalue weighted by atomic mass is 79.9. The van der Waals surface area contributed by atoms with Crippen molar-refractivity contribution >= 4 is 27.3 Å². The number of halogens is 1. The number of hydrogen-bond acceptors (Lipinski definition) is 2. The standard InChI is InChI=1S/C18H30BrNS/c1-4-10-20-17(12-18-16(19)9-11-21-18)15-7-5-14(6-8-15)13(2)3/h9,11,13-15,17,20H,4-8,10,12H2,1-3H3. The lowest BCUT2D eigenvalue weighted by atomic mass is 9.74. The van der Waals surface area contributed by atoms with E-state index in [9.17, 15) is 0 Å². The zero-order valence-electron chi connectivity index (χ0n) is 13.7. The van der Waals surface area contributed by atoms with Gasteiger partial charge in [-0.1, -0.05) is 20.8 Å². The third kappa shape index (κ3) is 5.07. The quantitative estimate of drug-likeness (QED) is 0.630. The summed E-state index contributed by atoms with van der Waals surface area (Å²) in [6.07, 6.45) is 8.09. The average molecular weight is 372 g/mol.